The minimum absolute atomic E-state index is 0.0251. The number of ether oxygens (including phenoxy) is 2. The van der Waals surface area contributed by atoms with Crippen LogP contribution in [0.4, 0.5) is 26.3 Å². The molecule has 1 aliphatic heterocycles. The number of rotatable bonds is 12. The van der Waals surface area contributed by atoms with E-state index >= 15 is 0 Å². The predicted octanol–water partition coefficient (Wildman–Crippen LogP) is 7.19. The molecule has 0 atom stereocenters. The monoisotopic (exact) mass is 668 g/mol. The van der Waals surface area contributed by atoms with Crippen molar-refractivity contribution in [3.05, 3.63) is 106 Å². The second-order valence-electron chi connectivity index (χ2n) is 10.8. The van der Waals surface area contributed by atoms with E-state index in [4.69, 9.17) is 18.3 Å². The third-order valence-corrected chi connectivity index (χ3v) is 8.92. The summed E-state index contributed by atoms with van der Waals surface area (Å²) in [7, 11) is -3.23. The van der Waals surface area contributed by atoms with Gasteiger partial charge in [0.15, 0.2) is 9.84 Å². The zero-order chi connectivity index (χ0) is 33.0. The fraction of sp³-hybridized carbons (Fsp3) is 0.290. The Labute approximate surface area is 259 Å². The van der Waals surface area contributed by atoms with Crippen molar-refractivity contribution in [2.75, 3.05) is 24.7 Å². The van der Waals surface area contributed by atoms with Crippen LogP contribution in [0.15, 0.2) is 69.9 Å². The molecule has 0 unspecified atom stereocenters. The van der Waals surface area contributed by atoms with Gasteiger partial charge in [-0.05, 0) is 47.5 Å². The van der Waals surface area contributed by atoms with Crippen molar-refractivity contribution in [2.24, 2.45) is 5.41 Å². The van der Waals surface area contributed by atoms with Gasteiger partial charge in [0, 0.05) is 17.6 Å². The summed E-state index contributed by atoms with van der Waals surface area (Å²) in [5.41, 5.74) is -0.361. The maximum Gasteiger partial charge on any atom is 0.416 e. The topological polar surface area (TPSA) is 105 Å². The molecular formula is C31H26F6N2O6S. The van der Waals surface area contributed by atoms with Gasteiger partial charge in [-0.1, -0.05) is 24.3 Å². The lowest BCUT2D eigenvalue weighted by molar-refractivity contribution is -0.138. The standard InChI is InChI=1S/C31H26F6N2O6S/c32-30(33,34)23-7-1-21(2-8-23)5-11-27-38-25(15-44-27)13-42-17-29(19-46(40,41)20-29)18-43-14-26-16-45-28(39-26)12-6-22-3-9-24(10-4-22)31(35,36)37/h1-12,15-16H,13-14,17-20H2/b11-5+,12-6+. The van der Waals surface area contributed by atoms with Gasteiger partial charge in [0.1, 0.15) is 23.9 Å². The summed E-state index contributed by atoms with van der Waals surface area (Å²) in [6.45, 7) is 0.181. The maximum atomic E-state index is 12.7. The molecule has 244 valence electrons. The minimum Gasteiger partial charge on any atom is -0.445 e. The number of alkyl halides is 6. The number of hydrogen-bond donors (Lipinski definition) is 0. The van der Waals surface area contributed by atoms with Crippen LogP contribution in [-0.4, -0.2) is 43.1 Å². The zero-order valence-electron chi connectivity index (χ0n) is 23.8. The van der Waals surface area contributed by atoms with Crippen molar-refractivity contribution < 1.29 is 53.1 Å². The molecule has 0 N–H and O–H groups in total. The smallest absolute Gasteiger partial charge is 0.416 e. The molecule has 1 aliphatic rings. The fourth-order valence-corrected chi connectivity index (χ4v) is 6.79. The van der Waals surface area contributed by atoms with E-state index < -0.39 is 38.7 Å². The molecule has 1 saturated heterocycles. The van der Waals surface area contributed by atoms with Crippen molar-refractivity contribution in [2.45, 2.75) is 25.6 Å². The van der Waals surface area contributed by atoms with Gasteiger partial charge in [-0.25, -0.2) is 18.4 Å². The number of sulfone groups is 1. The van der Waals surface area contributed by atoms with E-state index in [1.54, 1.807) is 12.2 Å². The van der Waals surface area contributed by atoms with Crippen LogP contribution < -0.4 is 0 Å². The highest BCUT2D eigenvalue weighted by Gasteiger charge is 2.49. The summed E-state index contributed by atoms with van der Waals surface area (Å²) < 4.78 is 123. The van der Waals surface area contributed by atoms with E-state index in [0.29, 0.717) is 22.5 Å². The quantitative estimate of drug-likeness (QED) is 0.146. The average molecular weight is 669 g/mol. The first-order valence-corrected chi connectivity index (χ1v) is 15.5. The van der Waals surface area contributed by atoms with E-state index in [0.717, 1.165) is 24.3 Å². The van der Waals surface area contributed by atoms with E-state index in [9.17, 15) is 34.8 Å². The summed E-state index contributed by atoms with van der Waals surface area (Å²) >= 11 is 0. The van der Waals surface area contributed by atoms with Gasteiger partial charge in [-0.2, -0.15) is 26.3 Å². The lowest BCUT2D eigenvalue weighted by Gasteiger charge is -2.40. The molecule has 46 heavy (non-hydrogen) atoms. The van der Waals surface area contributed by atoms with Crippen LogP contribution in [0.1, 0.15) is 45.4 Å². The number of oxazole rings is 2. The number of hydrogen-bond acceptors (Lipinski definition) is 8. The van der Waals surface area contributed by atoms with Crippen LogP contribution in [0, 0.1) is 5.41 Å². The van der Waals surface area contributed by atoms with E-state index in [1.807, 2.05) is 0 Å². The third-order valence-electron chi connectivity index (χ3n) is 6.82. The molecule has 0 spiro atoms. The van der Waals surface area contributed by atoms with Crippen molar-refractivity contribution in [3.63, 3.8) is 0 Å². The van der Waals surface area contributed by atoms with Gasteiger partial charge >= 0.3 is 12.4 Å². The molecule has 8 nitrogen and oxygen atoms in total. The Morgan fingerprint density at radius 2 is 1.07 bits per heavy atom. The van der Waals surface area contributed by atoms with E-state index in [-0.39, 0.29) is 49.7 Å². The van der Waals surface area contributed by atoms with Gasteiger partial charge in [-0.3, -0.25) is 0 Å². The summed E-state index contributed by atoms with van der Waals surface area (Å²) in [5, 5.41) is 0. The minimum atomic E-state index is -4.42. The third kappa shape index (κ3) is 8.95. The summed E-state index contributed by atoms with van der Waals surface area (Å²) in [6.07, 6.45) is -0.0102. The SMILES string of the molecule is O=S1(=O)CC(COCc2coc(/C=C/c3ccc(C(F)(F)F)cc3)n2)(COCc2coc(/C=C/c3ccc(C(F)(F)F)cc3)n2)C1. The molecule has 0 aliphatic carbocycles. The average Bonchev–Trinajstić information content (AvgIpc) is 3.63. The number of nitrogens with zero attached hydrogens (tertiary/aromatic N) is 2. The number of halogens is 6. The van der Waals surface area contributed by atoms with Crippen LogP contribution in [0.25, 0.3) is 24.3 Å². The first kappa shape index (κ1) is 33.2. The van der Waals surface area contributed by atoms with E-state index in [1.165, 1.54) is 48.9 Å². The van der Waals surface area contributed by atoms with Crippen LogP contribution in [-0.2, 0) is 44.9 Å². The zero-order valence-corrected chi connectivity index (χ0v) is 24.7. The molecule has 1 fully saturated rings. The molecule has 5 rings (SSSR count). The van der Waals surface area contributed by atoms with Gasteiger partial charge in [0.05, 0.1) is 49.1 Å². The van der Waals surface area contributed by atoms with Gasteiger partial charge in [0.2, 0.25) is 11.8 Å². The molecule has 3 heterocycles. The Kier molecular flexibility index (Phi) is 9.56. The van der Waals surface area contributed by atoms with Crippen molar-refractivity contribution >= 4 is 34.1 Å². The second kappa shape index (κ2) is 13.3. The number of benzene rings is 2. The molecule has 0 bridgehead atoms. The molecule has 4 aromatic rings. The van der Waals surface area contributed by atoms with Gasteiger partial charge < -0.3 is 18.3 Å². The summed E-state index contributed by atoms with van der Waals surface area (Å²) in [4.78, 5) is 8.50. The van der Waals surface area contributed by atoms with Crippen LogP contribution in [0.2, 0.25) is 0 Å². The Bertz CT molecular complexity index is 1660. The molecule has 2 aromatic heterocycles. The molecular weight excluding hydrogens is 642 g/mol. The highest BCUT2D eigenvalue weighted by molar-refractivity contribution is 7.92. The van der Waals surface area contributed by atoms with E-state index in [2.05, 4.69) is 9.97 Å². The molecule has 0 amide bonds. The normalized spacial score (nSPS) is 16.3. The maximum absolute atomic E-state index is 12.7. The van der Waals surface area contributed by atoms with Gasteiger partial charge in [-0.15, -0.1) is 0 Å². The van der Waals surface area contributed by atoms with Crippen LogP contribution in [0.5, 0.6) is 0 Å². The fourth-order valence-electron chi connectivity index (χ4n) is 4.68. The first-order valence-electron chi connectivity index (χ1n) is 13.6. The summed E-state index contributed by atoms with van der Waals surface area (Å²) in [6, 6.07) is 9.21. The van der Waals surface area contributed by atoms with Crippen molar-refractivity contribution in [1.29, 1.82) is 0 Å². The van der Waals surface area contributed by atoms with Crippen LogP contribution >= 0.6 is 0 Å². The summed E-state index contributed by atoms with van der Waals surface area (Å²) in [5.74, 6) is 0.174. The Morgan fingerprint density at radius 3 is 1.41 bits per heavy atom. The van der Waals surface area contributed by atoms with Crippen molar-refractivity contribution in [3.8, 4) is 0 Å². The molecule has 15 heteroatoms. The highest BCUT2D eigenvalue weighted by atomic mass is 32.2. The lowest BCUT2D eigenvalue weighted by Crippen LogP contribution is -2.54. The Hall–Kier alpha value is -4.21. The molecule has 0 radical (unpaired) electrons. The Morgan fingerprint density at radius 1 is 0.674 bits per heavy atom. The molecule has 2 aromatic carbocycles. The highest BCUT2D eigenvalue weighted by Crippen LogP contribution is 2.34. The second-order valence-corrected chi connectivity index (χ2v) is 12.8. The Balaban J connectivity index is 1.08. The largest absolute Gasteiger partial charge is 0.445 e. The van der Waals surface area contributed by atoms with Gasteiger partial charge in [0.25, 0.3) is 0 Å². The van der Waals surface area contributed by atoms with Crippen molar-refractivity contribution in [1.82, 2.24) is 9.97 Å². The molecule has 0 saturated carbocycles. The predicted molar refractivity (Wildman–Crippen MR) is 154 cm³/mol. The lowest BCUT2D eigenvalue weighted by atomic mass is 9.94. The first-order chi connectivity index (χ1) is 21.7. The number of aromatic nitrogens is 2. The van der Waals surface area contributed by atoms with Crippen LogP contribution in [0.3, 0.4) is 0 Å².